The molecule has 0 aliphatic heterocycles. The van der Waals surface area contributed by atoms with Gasteiger partial charge in [-0.3, -0.25) is 0 Å². The summed E-state index contributed by atoms with van der Waals surface area (Å²) in [5, 5.41) is 3.50. The van der Waals surface area contributed by atoms with Gasteiger partial charge >= 0.3 is 0 Å². The molecule has 3 heteroatoms. The molecule has 3 rings (SSSR count). The fourth-order valence-electron chi connectivity index (χ4n) is 2.76. The molecule has 1 aliphatic carbocycles. The number of nitrogens with two attached hydrogens (primary N) is 1. The molecule has 0 aromatic heterocycles. The molecule has 0 amide bonds. The second kappa shape index (κ2) is 4.57. The molecule has 2 aromatic carbocycles. The van der Waals surface area contributed by atoms with Crippen LogP contribution in [0.25, 0.3) is 0 Å². The second-order valence-corrected chi connectivity index (χ2v) is 5.15. The summed E-state index contributed by atoms with van der Waals surface area (Å²) in [7, 11) is 0. The van der Waals surface area contributed by atoms with Crippen LogP contribution >= 0.6 is 0 Å². The third kappa shape index (κ3) is 2.28. The highest BCUT2D eigenvalue weighted by atomic mass is 19.1. The number of fused-ring (bicyclic) bond motifs is 1. The fourth-order valence-corrected chi connectivity index (χ4v) is 2.76. The number of nitrogens with one attached hydrogen (secondary N) is 1. The molecule has 0 saturated heterocycles. The highest BCUT2D eigenvalue weighted by Gasteiger charge is 2.22. The van der Waals surface area contributed by atoms with E-state index in [1.807, 2.05) is 13.0 Å². The summed E-state index contributed by atoms with van der Waals surface area (Å²) >= 11 is 0. The lowest BCUT2D eigenvalue weighted by atomic mass is 10.1. The monoisotopic (exact) mass is 256 g/mol. The molecular weight excluding hydrogens is 239 g/mol. The largest absolute Gasteiger partial charge is 0.399 e. The third-order valence-electron chi connectivity index (χ3n) is 3.76. The number of aryl methyl sites for hydroxylation is 2. The van der Waals surface area contributed by atoms with E-state index in [2.05, 4.69) is 17.4 Å². The molecule has 0 fully saturated rings. The summed E-state index contributed by atoms with van der Waals surface area (Å²) in [5.74, 6) is -0.192. The summed E-state index contributed by atoms with van der Waals surface area (Å²) in [5.41, 5.74) is 11.2. The molecule has 0 radical (unpaired) electrons. The van der Waals surface area contributed by atoms with Crippen LogP contribution in [-0.2, 0) is 6.42 Å². The van der Waals surface area contributed by atoms with Gasteiger partial charge in [0.25, 0.3) is 0 Å². The maximum atomic E-state index is 13.1. The first kappa shape index (κ1) is 12.0. The Labute approximate surface area is 112 Å². The average molecular weight is 256 g/mol. The maximum Gasteiger partial charge on any atom is 0.123 e. The van der Waals surface area contributed by atoms with E-state index in [0.717, 1.165) is 29.8 Å². The van der Waals surface area contributed by atoms with Crippen molar-refractivity contribution >= 4 is 11.4 Å². The van der Waals surface area contributed by atoms with Gasteiger partial charge in [-0.05, 0) is 66.8 Å². The van der Waals surface area contributed by atoms with Crippen molar-refractivity contribution in [1.82, 2.24) is 0 Å². The molecule has 0 saturated carbocycles. The van der Waals surface area contributed by atoms with Crippen LogP contribution in [0.1, 0.15) is 29.2 Å². The molecule has 98 valence electrons. The van der Waals surface area contributed by atoms with Crippen molar-refractivity contribution in [2.75, 3.05) is 11.1 Å². The number of nitrogen functional groups attached to an aromatic ring is 1. The summed E-state index contributed by atoms with van der Waals surface area (Å²) in [6, 6.07) is 11.2. The zero-order valence-electron chi connectivity index (χ0n) is 10.9. The van der Waals surface area contributed by atoms with E-state index in [9.17, 15) is 4.39 Å². The molecule has 0 spiro atoms. The Morgan fingerprint density at radius 3 is 2.84 bits per heavy atom. The van der Waals surface area contributed by atoms with Gasteiger partial charge in [0.15, 0.2) is 0 Å². The third-order valence-corrected chi connectivity index (χ3v) is 3.76. The van der Waals surface area contributed by atoms with E-state index in [1.54, 1.807) is 12.1 Å². The first-order valence-corrected chi connectivity index (χ1v) is 6.54. The summed E-state index contributed by atoms with van der Waals surface area (Å²) in [4.78, 5) is 0. The predicted octanol–water partition coefficient (Wildman–Crippen LogP) is 3.82. The number of hydrogen-bond donors (Lipinski definition) is 2. The average Bonchev–Trinajstić information content (AvgIpc) is 2.75. The fraction of sp³-hybridized carbons (Fsp3) is 0.250. The Hall–Kier alpha value is -2.03. The van der Waals surface area contributed by atoms with Crippen LogP contribution in [0.2, 0.25) is 0 Å². The smallest absolute Gasteiger partial charge is 0.123 e. The van der Waals surface area contributed by atoms with Crippen LogP contribution in [0.15, 0.2) is 36.4 Å². The van der Waals surface area contributed by atoms with E-state index < -0.39 is 0 Å². The molecular formula is C16H17FN2. The Balaban J connectivity index is 1.86. The normalized spacial score (nSPS) is 17.3. The Kier molecular flexibility index (Phi) is 2.90. The lowest BCUT2D eigenvalue weighted by molar-refractivity contribution is 0.626. The lowest BCUT2D eigenvalue weighted by Crippen LogP contribution is -2.08. The van der Waals surface area contributed by atoms with Gasteiger partial charge in [0.2, 0.25) is 0 Å². The zero-order valence-corrected chi connectivity index (χ0v) is 10.9. The van der Waals surface area contributed by atoms with Crippen molar-refractivity contribution in [3.63, 3.8) is 0 Å². The SMILES string of the molecule is Cc1cc(F)ccc1NC1CCc2cc(N)ccc21. The second-order valence-electron chi connectivity index (χ2n) is 5.15. The Morgan fingerprint density at radius 2 is 2.05 bits per heavy atom. The number of hydrogen-bond acceptors (Lipinski definition) is 2. The predicted molar refractivity (Wildman–Crippen MR) is 76.7 cm³/mol. The molecule has 1 aliphatic rings. The zero-order chi connectivity index (χ0) is 13.4. The number of benzene rings is 2. The van der Waals surface area contributed by atoms with Gasteiger partial charge in [-0.1, -0.05) is 6.07 Å². The minimum Gasteiger partial charge on any atom is -0.399 e. The molecule has 2 nitrogen and oxygen atoms in total. The van der Waals surface area contributed by atoms with Crippen molar-refractivity contribution in [2.24, 2.45) is 0 Å². The summed E-state index contributed by atoms with van der Waals surface area (Å²) < 4.78 is 13.1. The van der Waals surface area contributed by atoms with Crippen LogP contribution in [0, 0.1) is 12.7 Å². The van der Waals surface area contributed by atoms with Gasteiger partial charge in [-0.25, -0.2) is 4.39 Å². The lowest BCUT2D eigenvalue weighted by Gasteiger charge is -2.17. The maximum absolute atomic E-state index is 13.1. The minimum absolute atomic E-state index is 0.192. The van der Waals surface area contributed by atoms with Crippen molar-refractivity contribution in [3.05, 3.63) is 58.9 Å². The molecule has 0 heterocycles. The van der Waals surface area contributed by atoms with Gasteiger partial charge in [-0.2, -0.15) is 0 Å². The van der Waals surface area contributed by atoms with Crippen LogP contribution < -0.4 is 11.1 Å². The van der Waals surface area contributed by atoms with E-state index in [4.69, 9.17) is 5.73 Å². The van der Waals surface area contributed by atoms with Crippen molar-refractivity contribution in [2.45, 2.75) is 25.8 Å². The quantitative estimate of drug-likeness (QED) is 0.802. The van der Waals surface area contributed by atoms with Crippen molar-refractivity contribution in [1.29, 1.82) is 0 Å². The van der Waals surface area contributed by atoms with Gasteiger partial charge < -0.3 is 11.1 Å². The van der Waals surface area contributed by atoms with Gasteiger partial charge in [0, 0.05) is 11.4 Å². The van der Waals surface area contributed by atoms with Gasteiger partial charge in [-0.15, -0.1) is 0 Å². The topological polar surface area (TPSA) is 38.0 Å². The van der Waals surface area contributed by atoms with E-state index >= 15 is 0 Å². The standard InChI is InChI=1S/C16H17FN2/c1-10-8-12(17)3-7-15(10)19-16-6-2-11-9-13(18)4-5-14(11)16/h3-5,7-9,16,19H,2,6,18H2,1H3. The molecule has 19 heavy (non-hydrogen) atoms. The Bertz CT molecular complexity index is 622. The van der Waals surface area contributed by atoms with E-state index in [0.29, 0.717) is 6.04 Å². The minimum atomic E-state index is -0.192. The number of rotatable bonds is 2. The summed E-state index contributed by atoms with van der Waals surface area (Å²) in [6.45, 7) is 1.92. The van der Waals surface area contributed by atoms with Gasteiger partial charge in [0.05, 0.1) is 6.04 Å². The molecule has 0 bridgehead atoms. The number of halogens is 1. The summed E-state index contributed by atoms with van der Waals surface area (Å²) in [6.07, 6.45) is 2.09. The highest BCUT2D eigenvalue weighted by molar-refractivity contribution is 5.55. The van der Waals surface area contributed by atoms with Crippen molar-refractivity contribution < 1.29 is 4.39 Å². The van der Waals surface area contributed by atoms with Crippen LogP contribution in [0.4, 0.5) is 15.8 Å². The molecule has 1 unspecified atom stereocenters. The highest BCUT2D eigenvalue weighted by Crippen LogP contribution is 2.35. The Morgan fingerprint density at radius 1 is 1.21 bits per heavy atom. The molecule has 1 atom stereocenters. The van der Waals surface area contributed by atoms with Crippen molar-refractivity contribution in [3.8, 4) is 0 Å². The van der Waals surface area contributed by atoms with E-state index in [-0.39, 0.29) is 5.82 Å². The van der Waals surface area contributed by atoms with E-state index in [1.165, 1.54) is 17.2 Å². The number of anilines is 2. The van der Waals surface area contributed by atoms with Crippen LogP contribution in [-0.4, -0.2) is 0 Å². The molecule has 2 aromatic rings. The first-order valence-electron chi connectivity index (χ1n) is 6.54. The molecule has 3 N–H and O–H groups in total. The first-order chi connectivity index (χ1) is 9.13. The van der Waals surface area contributed by atoms with Crippen LogP contribution in [0.5, 0.6) is 0 Å². The van der Waals surface area contributed by atoms with Crippen LogP contribution in [0.3, 0.4) is 0 Å². The van der Waals surface area contributed by atoms with Gasteiger partial charge in [0.1, 0.15) is 5.82 Å².